The number of H-pyrrole nitrogens is 1. The lowest BCUT2D eigenvalue weighted by atomic mass is 9.96. The highest BCUT2D eigenvalue weighted by Crippen LogP contribution is 2.18. The van der Waals surface area contributed by atoms with Crippen molar-refractivity contribution in [2.75, 3.05) is 12.3 Å². The molecule has 1 aromatic heterocycles. The maximum atomic E-state index is 11.4. The zero-order valence-corrected chi connectivity index (χ0v) is 13.9. The molecule has 6 nitrogen and oxygen atoms in total. The average Bonchev–Trinajstić information content (AvgIpc) is 2.85. The summed E-state index contributed by atoms with van der Waals surface area (Å²) < 4.78 is 1.63. The lowest BCUT2D eigenvalue weighted by Gasteiger charge is -2.22. The van der Waals surface area contributed by atoms with E-state index in [1.807, 2.05) is 13.8 Å². The molecule has 0 fully saturated rings. The maximum absolute atomic E-state index is 11.4. The molecule has 118 valence electrons. The van der Waals surface area contributed by atoms with Crippen LogP contribution in [0.3, 0.4) is 0 Å². The first-order valence-electron chi connectivity index (χ1n) is 7.50. The van der Waals surface area contributed by atoms with Gasteiger partial charge in [-0.2, -0.15) is 5.26 Å². The van der Waals surface area contributed by atoms with Crippen LogP contribution < -0.4 is 11.0 Å². The summed E-state index contributed by atoms with van der Waals surface area (Å²) in [5.41, 5.74) is -0.584. The van der Waals surface area contributed by atoms with E-state index < -0.39 is 5.54 Å². The minimum Gasteiger partial charge on any atom is -0.300 e. The van der Waals surface area contributed by atoms with E-state index in [4.69, 9.17) is 0 Å². The van der Waals surface area contributed by atoms with E-state index in [0.29, 0.717) is 6.54 Å². The molecule has 1 unspecified atom stereocenters. The Morgan fingerprint density at radius 2 is 2.24 bits per heavy atom. The number of rotatable bonds is 10. The van der Waals surface area contributed by atoms with E-state index in [-0.39, 0.29) is 5.69 Å². The van der Waals surface area contributed by atoms with Gasteiger partial charge in [0.1, 0.15) is 5.54 Å². The van der Waals surface area contributed by atoms with Crippen LogP contribution in [0, 0.1) is 11.3 Å². The monoisotopic (exact) mass is 311 g/mol. The highest BCUT2D eigenvalue weighted by atomic mass is 32.2. The lowest BCUT2D eigenvalue weighted by molar-refractivity contribution is 0.406. The Kier molecular flexibility index (Phi) is 7.54. The summed E-state index contributed by atoms with van der Waals surface area (Å²) in [5.74, 6) is 0.902. The molecular formula is C14H25N5OS. The van der Waals surface area contributed by atoms with E-state index in [0.717, 1.165) is 43.1 Å². The molecule has 1 heterocycles. The van der Waals surface area contributed by atoms with Gasteiger partial charge in [0.25, 0.3) is 0 Å². The second-order valence-electron chi connectivity index (χ2n) is 5.23. The lowest BCUT2D eigenvalue weighted by Crippen LogP contribution is -2.41. The van der Waals surface area contributed by atoms with Gasteiger partial charge in [-0.05, 0) is 46.1 Å². The first kappa shape index (κ1) is 17.8. The summed E-state index contributed by atoms with van der Waals surface area (Å²) in [6.07, 6.45) is 3.85. The Morgan fingerprint density at radius 3 is 2.86 bits per heavy atom. The largest absolute Gasteiger partial charge is 0.343 e. The predicted molar refractivity (Wildman–Crippen MR) is 85.4 cm³/mol. The highest BCUT2D eigenvalue weighted by molar-refractivity contribution is 7.99. The third kappa shape index (κ3) is 5.56. The van der Waals surface area contributed by atoms with Crippen LogP contribution in [0.25, 0.3) is 0 Å². The minimum absolute atomic E-state index is 0.152. The first-order chi connectivity index (χ1) is 10.1. The molecule has 21 heavy (non-hydrogen) atoms. The summed E-state index contributed by atoms with van der Waals surface area (Å²) in [6.45, 7) is 7.48. The van der Waals surface area contributed by atoms with Gasteiger partial charge in [-0.15, -0.1) is 5.10 Å². The van der Waals surface area contributed by atoms with Crippen LogP contribution in [0.5, 0.6) is 0 Å². The van der Waals surface area contributed by atoms with Crippen molar-refractivity contribution in [1.82, 2.24) is 20.1 Å². The van der Waals surface area contributed by atoms with Crippen LogP contribution in [0.15, 0.2) is 9.95 Å². The van der Waals surface area contributed by atoms with E-state index in [1.54, 1.807) is 16.3 Å². The second-order valence-corrected chi connectivity index (χ2v) is 6.29. The number of hydrogen-bond acceptors (Lipinski definition) is 5. The molecule has 0 radical (unpaired) electrons. The Hall–Kier alpha value is -1.26. The summed E-state index contributed by atoms with van der Waals surface area (Å²) >= 11 is 1.59. The molecule has 1 atom stereocenters. The molecule has 1 aromatic rings. The summed E-state index contributed by atoms with van der Waals surface area (Å²) in [4.78, 5) is 11.4. The molecule has 2 N–H and O–H groups in total. The molecule has 7 heteroatoms. The van der Waals surface area contributed by atoms with Crippen molar-refractivity contribution in [2.45, 2.75) is 63.7 Å². The van der Waals surface area contributed by atoms with Gasteiger partial charge in [0.15, 0.2) is 5.16 Å². The quantitative estimate of drug-likeness (QED) is 0.510. The van der Waals surface area contributed by atoms with Crippen molar-refractivity contribution in [3.8, 4) is 6.07 Å². The van der Waals surface area contributed by atoms with Crippen molar-refractivity contribution in [1.29, 1.82) is 5.26 Å². The van der Waals surface area contributed by atoms with Crippen LogP contribution in [0.2, 0.25) is 0 Å². The van der Waals surface area contributed by atoms with Gasteiger partial charge in [0, 0.05) is 12.3 Å². The molecule has 0 aromatic carbocycles. The van der Waals surface area contributed by atoms with Crippen molar-refractivity contribution in [3.05, 3.63) is 10.5 Å². The van der Waals surface area contributed by atoms with Crippen LogP contribution in [-0.2, 0) is 6.54 Å². The fraction of sp³-hybridized carbons (Fsp3) is 0.786. The standard InChI is InChI=1S/C14H25N5OS/c1-4-9-16-14(3,11-15)8-6-7-10-21-13-18-17-12(20)19(13)5-2/h16H,4-10H2,1-3H3,(H,17,20). The first-order valence-corrected chi connectivity index (χ1v) is 8.49. The third-order valence-corrected chi connectivity index (χ3v) is 4.42. The second kappa shape index (κ2) is 8.90. The van der Waals surface area contributed by atoms with Gasteiger partial charge in [0.2, 0.25) is 0 Å². The SMILES string of the molecule is CCCNC(C)(C#N)CCCCSc1n[nH]c(=O)n1CC. The Balaban J connectivity index is 2.31. The Morgan fingerprint density at radius 1 is 1.48 bits per heavy atom. The molecule has 0 saturated heterocycles. The fourth-order valence-corrected chi connectivity index (χ4v) is 3.03. The molecule has 0 aliphatic rings. The molecule has 0 amide bonds. The summed E-state index contributed by atoms with van der Waals surface area (Å²) in [7, 11) is 0. The zero-order chi connectivity index (χ0) is 15.7. The van der Waals surface area contributed by atoms with Crippen molar-refractivity contribution >= 4 is 11.8 Å². The smallest absolute Gasteiger partial charge is 0.300 e. The van der Waals surface area contributed by atoms with Crippen molar-refractivity contribution < 1.29 is 0 Å². The summed E-state index contributed by atoms with van der Waals surface area (Å²) in [6, 6.07) is 2.36. The number of nitrogens with zero attached hydrogens (tertiary/aromatic N) is 3. The van der Waals surface area contributed by atoms with Crippen LogP contribution in [0.4, 0.5) is 0 Å². The van der Waals surface area contributed by atoms with Gasteiger partial charge < -0.3 is 0 Å². The molecular weight excluding hydrogens is 286 g/mol. The van der Waals surface area contributed by atoms with Crippen LogP contribution in [-0.4, -0.2) is 32.6 Å². The molecule has 0 saturated carbocycles. The van der Waals surface area contributed by atoms with Gasteiger partial charge in [-0.25, -0.2) is 9.89 Å². The number of thioether (sulfide) groups is 1. The van der Waals surface area contributed by atoms with Crippen LogP contribution >= 0.6 is 11.8 Å². The highest BCUT2D eigenvalue weighted by Gasteiger charge is 2.21. The topological polar surface area (TPSA) is 86.5 Å². The summed E-state index contributed by atoms with van der Waals surface area (Å²) in [5, 5.41) is 19.8. The van der Waals surface area contributed by atoms with Gasteiger partial charge in [-0.3, -0.25) is 9.88 Å². The predicted octanol–water partition coefficient (Wildman–Crippen LogP) is 2.14. The van der Waals surface area contributed by atoms with E-state index in [2.05, 4.69) is 28.5 Å². The van der Waals surface area contributed by atoms with Crippen LogP contribution in [0.1, 0.15) is 46.5 Å². The van der Waals surface area contributed by atoms with Gasteiger partial charge in [0.05, 0.1) is 6.07 Å². The number of unbranched alkanes of at least 4 members (excludes halogenated alkanes) is 1. The van der Waals surface area contributed by atoms with E-state index in [9.17, 15) is 10.1 Å². The van der Waals surface area contributed by atoms with Gasteiger partial charge >= 0.3 is 5.69 Å². The maximum Gasteiger partial charge on any atom is 0.343 e. The Bertz CT molecular complexity index is 518. The number of aromatic amines is 1. The Labute approximate surface area is 130 Å². The average molecular weight is 311 g/mol. The molecule has 0 bridgehead atoms. The molecule has 0 spiro atoms. The van der Waals surface area contributed by atoms with Crippen molar-refractivity contribution in [2.24, 2.45) is 0 Å². The van der Waals surface area contributed by atoms with Gasteiger partial charge in [-0.1, -0.05) is 18.7 Å². The minimum atomic E-state index is -0.432. The number of aromatic nitrogens is 3. The third-order valence-electron chi connectivity index (χ3n) is 3.35. The van der Waals surface area contributed by atoms with E-state index >= 15 is 0 Å². The number of nitriles is 1. The number of nitrogens with one attached hydrogen (secondary N) is 2. The van der Waals surface area contributed by atoms with Crippen molar-refractivity contribution in [3.63, 3.8) is 0 Å². The van der Waals surface area contributed by atoms with E-state index in [1.165, 1.54) is 0 Å². The molecule has 1 rings (SSSR count). The molecule has 0 aliphatic heterocycles. The fourth-order valence-electron chi connectivity index (χ4n) is 2.02. The zero-order valence-electron chi connectivity index (χ0n) is 13.1. The normalized spacial score (nSPS) is 13.8. The molecule has 0 aliphatic carbocycles. The number of hydrogen-bond donors (Lipinski definition) is 2.